The van der Waals surface area contributed by atoms with Crippen molar-refractivity contribution >= 4 is 5.91 Å². The molecule has 0 aromatic carbocycles. The Hall–Kier alpha value is -2.17. The molecular weight excluding hydrogens is 240 g/mol. The number of hydrogen-bond donors (Lipinski definition) is 1. The number of H-pyrrole nitrogens is 1. The maximum Gasteiger partial charge on any atom is 0.257 e. The first-order valence-corrected chi connectivity index (χ1v) is 6.18. The summed E-state index contributed by atoms with van der Waals surface area (Å²) >= 11 is 0. The number of pyridine rings is 1. The van der Waals surface area contributed by atoms with Crippen molar-refractivity contribution in [3.8, 4) is 0 Å². The molecule has 5 nitrogen and oxygen atoms in total. The van der Waals surface area contributed by atoms with Crippen molar-refractivity contribution < 1.29 is 4.79 Å². The lowest BCUT2D eigenvalue weighted by molar-refractivity contribution is 0.0782. The molecule has 0 unspecified atom stereocenters. The van der Waals surface area contributed by atoms with Gasteiger partial charge < -0.3 is 4.90 Å². The Kier molecular flexibility index (Phi) is 3.64. The number of aryl methyl sites for hydroxylation is 3. The molecule has 0 aliphatic rings. The van der Waals surface area contributed by atoms with E-state index in [1.165, 1.54) is 0 Å². The lowest BCUT2D eigenvalue weighted by atomic mass is 10.1. The monoisotopic (exact) mass is 258 g/mol. The molecule has 0 fully saturated rings. The summed E-state index contributed by atoms with van der Waals surface area (Å²) in [5.41, 5.74) is 4.01. The number of nitrogens with zero attached hydrogens (tertiary/aromatic N) is 3. The van der Waals surface area contributed by atoms with Crippen molar-refractivity contribution in [2.45, 2.75) is 27.3 Å². The van der Waals surface area contributed by atoms with Crippen LogP contribution in [0.15, 0.2) is 18.2 Å². The van der Waals surface area contributed by atoms with Crippen LogP contribution in [0.1, 0.15) is 33.1 Å². The summed E-state index contributed by atoms with van der Waals surface area (Å²) in [6.45, 7) is 6.11. The van der Waals surface area contributed by atoms with E-state index < -0.39 is 0 Å². The highest BCUT2D eigenvalue weighted by Gasteiger charge is 2.19. The van der Waals surface area contributed by atoms with E-state index in [1.807, 2.05) is 39.0 Å². The van der Waals surface area contributed by atoms with Crippen LogP contribution in [0.5, 0.6) is 0 Å². The predicted octanol–water partition coefficient (Wildman–Crippen LogP) is 2.00. The van der Waals surface area contributed by atoms with E-state index >= 15 is 0 Å². The van der Waals surface area contributed by atoms with Gasteiger partial charge in [0, 0.05) is 18.4 Å². The number of carbonyl (C=O) groups excluding carboxylic acids is 1. The van der Waals surface area contributed by atoms with E-state index in [2.05, 4.69) is 15.2 Å². The lowest BCUT2D eigenvalue weighted by Gasteiger charge is -2.17. The van der Waals surface area contributed by atoms with E-state index in [0.29, 0.717) is 12.1 Å². The van der Waals surface area contributed by atoms with Crippen LogP contribution >= 0.6 is 0 Å². The molecule has 100 valence electrons. The first-order chi connectivity index (χ1) is 8.99. The third kappa shape index (κ3) is 2.81. The Morgan fingerprint density at radius 2 is 2.05 bits per heavy atom. The Morgan fingerprint density at radius 3 is 2.63 bits per heavy atom. The highest BCUT2D eigenvalue weighted by atomic mass is 16.2. The van der Waals surface area contributed by atoms with Crippen LogP contribution in [0.4, 0.5) is 0 Å². The van der Waals surface area contributed by atoms with Gasteiger partial charge in [-0.05, 0) is 32.9 Å². The lowest BCUT2D eigenvalue weighted by Crippen LogP contribution is -2.27. The summed E-state index contributed by atoms with van der Waals surface area (Å²) in [7, 11) is 1.78. The van der Waals surface area contributed by atoms with E-state index in [1.54, 1.807) is 11.9 Å². The van der Waals surface area contributed by atoms with Crippen LogP contribution < -0.4 is 0 Å². The molecule has 0 saturated heterocycles. The van der Waals surface area contributed by atoms with Gasteiger partial charge in [-0.25, -0.2) is 0 Å². The van der Waals surface area contributed by atoms with Crippen molar-refractivity contribution in [2.75, 3.05) is 7.05 Å². The van der Waals surface area contributed by atoms with Gasteiger partial charge in [-0.1, -0.05) is 6.07 Å². The molecule has 0 atom stereocenters. The van der Waals surface area contributed by atoms with Crippen LogP contribution in [0.3, 0.4) is 0 Å². The van der Waals surface area contributed by atoms with Gasteiger partial charge in [0.2, 0.25) is 0 Å². The third-order valence-electron chi connectivity index (χ3n) is 3.03. The molecule has 2 heterocycles. The third-order valence-corrected chi connectivity index (χ3v) is 3.03. The second-order valence-electron chi connectivity index (χ2n) is 4.74. The summed E-state index contributed by atoms with van der Waals surface area (Å²) in [6.07, 6.45) is 0. The highest BCUT2D eigenvalue weighted by molar-refractivity contribution is 5.96. The molecule has 5 heteroatoms. The van der Waals surface area contributed by atoms with E-state index in [9.17, 15) is 4.79 Å². The summed E-state index contributed by atoms with van der Waals surface area (Å²) in [5.74, 6) is -0.0351. The molecule has 0 saturated carbocycles. The predicted molar refractivity (Wildman–Crippen MR) is 72.8 cm³/mol. The fraction of sp³-hybridized carbons (Fsp3) is 0.357. The van der Waals surface area contributed by atoms with Gasteiger partial charge in [0.15, 0.2) is 0 Å². The Balaban J connectivity index is 2.16. The molecule has 1 N–H and O–H groups in total. The summed E-state index contributed by atoms with van der Waals surface area (Å²) in [6, 6.07) is 5.81. The topological polar surface area (TPSA) is 61.9 Å². The summed E-state index contributed by atoms with van der Waals surface area (Å²) < 4.78 is 0. The van der Waals surface area contributed by atoms with Gasteiger partial charge in [0.25, 0.3) is 5.91 Å². The molecule has 2 aromatic heterocycles. The molecular formula is C14H18N4O. The molecule has 1 amide bonds. The molecule has 19 heavy (non-hydrogen) atoms. The minimum Gasteiger partial charge on any atom is -0.336 e. The normalized spacial score (nSPS) is 10.5. The molecule has 2 aromatic rings. The Bertz CT molecular complexity index is 584. The van der Waals surface area contributed by atoms with Crippen LogP contribution in [0, 0.1) is 20.8 Å². The van der Waals surface area contributed by atoms with Gasteiger partial charge in [0.1, 0.15) is 0 Å². The number of carbonyl (C=O) groups is 1. The van der Waals surface area contributed by atoms with E-state index in [4.69, 9.17) is 0 Å². The number of nitrogens with one attached hydrogen (secondary N) is 1. The van der Waals surface area contributed by atoms with Crippen molar-refractivity contribution in [3.05, 3.63) is 46.5 Å². The van der Waals surface area contributed by atoms with Gasteiger partial charge in [-0.2, -0.15) is 5.10 Å². The Morgan fingerprint density at radius 1 is 1.32 bits per heavy atom. The minimum absolute atomic E-state index is 0.0351. The first kappa shape index (κ1) is 13.3. The largest absolute Gasteiger partial charge is 0.336 e. The van der Waals surface area contributed by atoms with E-state index in [0.717, 1.165) is 22.8 Å². The second kappa shape index (κ2) is 5.22. The first-order valence-electron chi connectivity index (χ1n) is 6.18. The quantitative estimate of drug-likeness (QED) is 0.916. The standard InChI is InChI=1S/C14H18N4O/c1-9-6-5-7-12(15-9)8-18(4)14(19)13-10(2)16-17-11(13)3/h5-7H,8H2,1-4H3,(H,16,17). The van der Waals surface area contributed by atoms with Crippen molar-refractivity contribution in [1.29, 1.82) is 0 Å². The fourth-order valence-electron chi connectivity index (χ4n) is 2.06. The van der Waals surface area contributed by atoms with Gasteiger partial charge >= 0.3 is 0 Å². The van der Waals surface area contributed by atoms with Crippen molar-refractivity contribution in [1.82, 2.24) is 20.1 Å². The maximum absolute atomic E-state index is 12.4. The average molecular weight is 258 g/mol. The van der Waals surface area contributed by atoms with Crippen molar-refractivity contribution in [2.24, 2.45) is 0 Å². The van der Waals surface area contributed by atoms with Gasteiger partial charge in [0.05, 0.1) is 23.5 Å². The molecule has 0 aliphatic carbocycles. The average Bonchev–Trinajstić information content (AvgIpc) is 2.68. The molecule has 0 bridgehead atoms. The smallest absolute Gasteiger partial charge is 0.257 e. The number of hydrogen-bond acceptors (Lipinski definition) is 3. The number of amides is 1. The fourth-order valence-corrected chi connectivity index (χ4v) is 2.06. The highest BCUT2D eigenvalue weighted by Crippen LogP contribution is 2.13. The molecule has 0 radical (unpaired) electrons. The minimum atomic E-state index is -0.0351. The molecule has 2 rings (SSSR count). The maximum atomic E-state index is 12.4. The Labute approximate surface area is 112 Å². The van der Waals surface area contributed by atoms with Crippen LogP contribution in [-0.2, 0) is 6.54 Å². The molecule has 0 aliphatic heterocycles. The zero-order valence-corrected chi connectivity index (χ0v) is 11.7. The van der Waals surface area contributed by atoms with Crippen molar-refractivity contribution in [3.63, 3.8) is 0 Å². The molecule has 0 spiro atoms. The summed E-state index contributed by atoms with van der Waals surface area (Å²) in [4.78, 5) is 18.4. The van der Waals surface area contributed by atoms with E-state index in [-0.39, 0.29) is 5.91 Å². The van der Waals surface area contributed by atoms with Gasteiger partial charge in [-0.3, -0.25) is 14.9 Å². The number of rotatable bonds is 3. The zero-order valence-electron chi connectivity index (χ0n) is 11.7. The SMILES string of the molecule is Cc1cccc(CN(C)C(=O)c2c(C)n[nH]c2C)n1. The van der Waals surface area contributed by atoms with Crippen LogP contribution in [-0.4, -0.2) is 33.0 Å². The van der Waals surface area contributed by atoms with Crippen LogP contribution in [0.25, 0.3) is 0 Å². The number of aromatic nitrogens is 3. The summed E-state index contributed by atoms with van der Waals surface area (Å²) in [5, 5.41) is 6.89. The number of aromatic amines is 1. The van der Waals surface area contributed by atoms with Crippen LogP contribution in [0.2, 0.25) is 0 Å². The zero-order chi connectivity index (χ0) is 14.0. The van der Waals surface area contributed by atoms with Gasteiger partial charge in [-0.15, -0.1) is 0 Å². The second-order valence-corrected chi connectivity index (χ2v) is 4.74.